The second-order valence-electron chi connectivity index (χ2n) is 16.5. The van der Waals surface area contributed by atoms with Crippen molar-refractivity contribution in [2.24, 2.45) is 0 Å². The zero-order chi connectivity index (χ0) is 36.3. The number of thiophene rings is 1. The monoisotopic (exact) mass is 708 g/mol. The Bertz CT molecular complexity index is 2990. The van der Waals surface area contributed by atoms with Crippen molar-refractivity contribution in [3.05, 3.63) is 203 Å². The van der Waals surface area contributed by atoms with Crippen molar-refractivity contribution in [3.8, 4) is 33.4 Å². The molecule has 0 nitrogen and oxygen atoms in total. The molecule has 1 atom stereocenters. The highest BCUT2D eigenvalue weighted by molar-refractivity contribution is 7.26. The van der Waals surface area contributed by atoms with Crippen LogP contribution in [0.4, 0.5) is 0 Å². The maximum Gasteiger partial charge on any atom is 0.0434 e. The summed E-state index contributed by atoms with van der Waals surface area (Å²) in [4.78, 5) is 0. The van der Waals surface area contributed by atoms with Crippen LogP contribution in [0.5, 0.6) is 0 Å². The molecular weight excluding hydrogens is 669 g/mol. The van der Waals surface area contributed by atoms with Gasteiger partial charge in [-0.15, -0.1) is 11.3 Å². The topological polar surface area (TPSA) is 0 Å². The molecule has 1 aromatic heterocycles. The van der Waals surface area contributed by atoms with Gasteiger partial charge in [-0.3, -0.25) is 0 Å². The first-order valence-corrected chi connectivity index (χ1v) is 20.0. The van der Waals surface area contributed by atoms with E-state index in [1.165, 1.54) is 103 Å². The summed E-state index contributed by atoms with van der Waals surface area (Å²) in [6.07, 6.45) is 0. The minimum atomic E-state index is -0.0649. The second kappa shape index (κ2) is 11.4. The first kappa shape index (κ1) is 31.7. The number of hydrogen-bond donors (Lipinski definition) is 0. The van der Waals surface area contributed by atoms with Crippen molar-refractivity contribution in [1.29, 1.82) is 0 Å². The molecule has 0 bridgehead atoms. The molecular formula is C53H40S. The summed E-state index contributed by atoms with van der Waals surface area (Å²) in [5.41, 5.74) is 17.6. The van der Waals surface area contributed by atoms with Gasteiger partial charge in [0.1, 0.15) is 0 Å². The molecule has 0 aliphatic heterocycles. The minimum Gasteiger partial charge on any atom is -0.135 e. The average Bonchev–Trinajstić information content (AvgIpc) is 3.78. The first-order valence-electron chi connectivity index (χ1n) is 19.2. The van der Waals surface area contributed by atoms with Crippen LogP contribution in [0.3, 0.4) is 0 Å². The molecule has 0 N–H and O–H groups in total. The lowest BCUT2D eigenvalue weighted by atomic mass is 9.78. The van der Waals surface area contributed by atoms with Crippen molar-refractivity contribution in [2.45, 2.75) is 44.4 Å². The number of hydrogen-bond acceptors (Lipinski definition) is 1. The summed E-state index contributed by atoms with van der Waals surface area (Å²) in [5, 5.41) is 5.33. The van der Waals surface area contributed by atoms with Crippen LogP contribution < -0.4 is 0 Å². The summed E-state index contributed by atoms with van der Waals surface area (Å²) in [6, 6.07) is 62.2. The molecule has 0 fully saturated rings. The fraction of sp³-hybridized carbons (Fsp3) is 0.132. The van der Waals surface area contributed by atoms with Crippen LogP contribution in [0.2, 0.25) is 0 Å². The molecule has 0 saturated heterocycles. The van der Waals surface area contributed by atoms with Crippen LogP contribution in [-0.2, 0) is 10.8 Å². The molecule has 1 heterocycles. The largest absolute Gasteiger partial charge is 0.135 e. The molecule has 1 heteroatoms. The van der Waals surface area contributed by atoms with Crippen LogP contribution in [-0.4, -0.2) is 0 Å². The second-order valence-corrected chi connectivity index (χ2v) is 17.5. The van der Waals surface area contributed by atoms with E-state index in [1.54, 1.807) is 0 Å². The van der Waals surface area contributed by atoms with Gasteiger partial charge < -0.3 is 0 Å². The van der Waals surface area contributed by atoms with Crippen LogP contribution in [0.25, 0.3) is 64.3 Å². The van der Waals surface area contributed by atoms with Gasteiger partial charge in [0.2, 0.25) is 0 Å². The summed E-state index contributed by atoms with van der Waals surface area (Å²) in [5.74, 6) is 0.0779. The standard InChI is InChI=1S/C53H40S/c1-52(2)45-18-10-8-15-40(45)43-30-35(26-29-46(43)52)49(36-25-27-41-39-14-7-9-17-44(39)53(3,4)47(41)31-36)34-22-20-33(21-23-34)37-16-11-19-48-50(37)42-28-24-32-12-5-6-13-38(32)51(42)54-48/h5-31,49H,1-4H3. The van der Waals surface area contributed by atoms with Gasteiger partial charge in [-0.2, -0.15) is 0 Å². The van der Waals surface area contributed by atoms with Gasteiger partial charge in [-0.1, -0.05) is 179 Å². The number of rotatable bonds is 4. The lowest BCUT2D eigenvalue weighted by Gasteiger charge is -2.26. The molecule has 11 rings (SSSR count). The van der Waals surface area contributed by atoms with Crippen molar-refractivity contribution in [1.82, 2.24) is 0 Å². The normalized spacial score (nSPS) is 15.3. The average molecular weight is 709 g/mol. The molecule has 258 valence electrons. The molecule has 2 aliphatic carbocycles. The van der Waals surface area contributed by atoms with Crippen LogP contribution >= 0.6 is 11.3 Å². The Morgan fingerprint density at radius 1 is 0.407 bits per heavy atom. The van der Waals surface area contributed by atoms with E-state index in [2.05, 4.69) is 191 Å². The summed E-state index contributed by atoms with van der Waals surface area (Å²) < 4.78 is 2.71. The summed E-state index contributed by atoms with van der Waals surface area (Å²) in [6.45, 7) is 9.51. The third kappa shape index (κ3) is 4.43. The molecule has 0 saturated carbocycles. The number of benzene rings is 8. The maximum absolute atomic E-state index is 2.52. The Labute approximate surface area is 321 Å². The quantitative estimate of drug-likeness (QED) is 0.160. The molecule has 2 aliphatic rings. The first-order chi connectivity index (χ1) is 26.3. The van der Waals surface area contributed by atoms with Gasteiger partial charge in [0.15, 0.2) is 0 Å². The molecule has 1 unspecified atom stereocenters. The van der Waals surface area contributed by atoms with Gasteiger partial charge in [-0.05, 0) is 95.2 Å². The van der Waals surface area contributed by atoms with Gasteiger partial charge in [0, 0.05) is 36.9 Å². The van der Waals surface area contributed by atoms with Crippen molar-refractivity contribution in [3.63, 3.8) is 0 Å². The van der Waals surface area contributed by atoms with Crippen molar-refractivity contribution in [2.75, 3.05) is 0 Å². The van der Waals surface area contributed by atoms with E-state index >= 15 is 0 Å². The third-order valence-corrected chi connectivity index (χ3v) is 14.0. The van der Waals surface area contributed by atoms with Crippen molar-refractivity contribution >= 4 is 42.3 Å². The lowest BCUT2D eigenvalue weighted by molar-refractivity contribution is 0.658. The molecule has 9 aromatic rings. The summed E-state index contributed by atoms with van der Waals surface area (Å²) in [7, 11) is 0. The Morgan fingerprint density at radius 3 is 1.80 bits per heavy atom. The van der Waals surface area contributed by atoms with E-state index in [0.29, 0.717) is 0 Å². The predicted molar refractivity (Wildman–Crippen MR) is 231 cm³/mol. The van der Waals surface area contributed by atoms with Gasteiger partial charge in [0.25, 0.3) is 0 Å². The van der Waals surface area contributed by atoms with Gasteiger partial charge in [0.05, 0.1) is 0 Å². The molecule has 8 aromatic carbocycles. The van der Waals surface area contributed by atoms with E-state index in [4.69, 9.17) is 0 Å². The Kier molecular flexibility index (Phi) is 6.68. The number of fused-ring (bicyclic) bond motifs is 11. The fourth-order valence-electron chi connectivity index (χ4n) is 10.0. The molecule has 0 spiro atoms. The highest BCUT2D eigenvalue weighted by atomic mass is 32.1. The van der Waals surface area contributed by atoms with Crippen molar-refractivity contribution < 1.29 is 0 Å². The van der Waals surface area contributed by atoms with E-state index < -0.39 is 0 Å². The van der Waals surface area contributed by atoms with E-state index in [-0.39, 0.29) is 16.7 Å². The molecule has 0 amide bonds. The highest BCUT2D eigenvalue weighted by Gasteiger charge is 2.38. The Balaban J connectivity index is 1.08. The van der Waals surface area contributed by atoms with E-state index in [0.717, 1.165) is 0 Å². The fourth-order valence-corrected chi connectivity index (χ4v) is 11.3. The molecule has 54 heavy (non-hydrogen) atoms. The lowest BCUT2D eigenvalue weighted by Crippen LogP contribution is -2.16. The predicted octanol–water partition coefficient (Wildman–Crippen LogP) is 14.7. The smallest absolute Gasteiger partial charge is 0.0434 e. The van der Waals surface area contributed by atoms with Crippen LogP contribution in [0, 0.1) is 0 Å². The SMILES string of the molecule is CC1(C)c2ccccc2-c2cc(C(c3ccc(-c4cccc5sc6c7ccccc7ccc6c45)cc3)c3ccc4c(c3)C(C)(C)c3ccccc3-4)ccc21. The third-order valence-electron chi connectivity index (χ3n) is 12.8. The minimum absolute atomic E-state index is 0.0237. The Hall–Kier alpha value is -5.76. The van der Waals surface area contributed by atoms with E-state index in [9.17, 15) is 0 Å². The van der Waals surface area contributed by atoms with Crippen LogP contribution in [0.15, 0.2) is 164 Å². The highest BCUT2D eigenvalue weighted by Crippen LogP contribution is 2.52. The maximum atomic E-state index is 2.52. The summed E-state index contributed by atoms with van der Waals surface area (Å²) >= 11 is 1.91. The molecule has 0 radical (unpaired) electrons. The zero-order valence-electron chi connectivity index (χ0n) is 31.1. The Morgan fingerprint density at radius 2 is 1.00 bits per heavy atom. The van der Waals surface area contributed by atoms with Gasteiger partial charge >= 0.3 is 0 Å². The zero-order valence-corrected chi connectivity index (χ0v) is 31.9. The van der Waals surface area contributed by atoms with Crippen LogP contribution in [0.1, 0.15) is 72.6 Å². The van der Waals surface area contributed by atoms with E-state index in [1.807, 2.05) is 11.3 Å². The van der Waals surface area contributed by atoms with Gasteiger partial charge in [-0.25, -0.2) is 0 Å².